The van der Waals surface area contributed by atoms with E-state index in [1.807, 2.05) is 6.07 Å². The number of thiophene rings is 1. The molecule has 0 bridgehead atoms. The predicted molar refractivity (Wildman–Crippen MR) is 86.7 cm³/mol. The maximum atomic E-state index is 12.4. The maximum Gasteiger partial charge on any atom is 0.177 e. The Morgan fingerprint density at radius 3 is 2.35 bits per heavy atom. The Kier molecular flexibility index (Phi) is 4.70. The molecular weight excluding hydrogens is 266 g/mol. The number of ketones is 1. The van der Waals surface area contributed by atoms with Gasteiger partial charge in [-0.1, -0.05) is 20.8 Å². The van der Waals surface area contributed by atoms with Crippen molar-refractivity contribution in [1.29, 1.82) is 0 Å². The molecule has 0 N–H and O–H groups in total. The number of rotatable bonds is 3. The summed E-state index contributed by atoms with van der Waals surface area (Å²) in [6, 6.07) is 2.05. The van der Waals surface area contributed by atoms with E-state index in [1.165, 1.54) is 17.7 Å². The largest absolute Gasteiger partial charge is 0.296 e. The highest BCUT2D eigenvalue weighted by atomic mass is 32.1. The van der Waals surface area contributed by atoms with Crippen molar-refractivity contribution in [3.8, 4) is 0 Å². The lowest BCUT2D eigenvalue weighted by Crippen LogP contribution is -2.40. The monoisotopic (exact) mass is 293 g/mol. The quantitative estimate of drug-likeness (QED) is 0.774. The summed E-state index contributed by atoms with van der Waals surface area (Å²) < 4.78 is 0. The zero-order valence-electron chi connectivity index (χ0n) is 13.5. The molecule has 1 aliphatic heterocycles. The number of piperidine rings is 1. The molecule has 0 aromatic carbocycles. The highest BCUT2D eigenvalue weighted by Gasteiger charge is 2.29. The average Bonchev–Trinajstić information content (AvgIpc) is 2.68. The van der Waals surface area contributed by atoms with Gasteiger partial charge in [-0.3, -0.25) is 9.69 Å². The Hall–Kier alpha value is -0.670. The van der Waals surface area contributed by atoms with E-state index in [2.05, 4.69) is 39.5 Å². The van der Waals surface area contributed by atoms with Crippen LogP contribution in [0.15, 0.2) is 6.07 Å². The van der Waals surface area contributed by atoms with Gasteiger partial charge in [-0.25, -0.2) is 0 Å². The first-order chi connectivity index (χ1) is 9.27. The van der Waals surface area contributed by atoms with Crippen LogP contribution in [-0.2, 0) is 0 Å². The average molecular weight is 293 g/mol. The molecule has 2 heterocycles. The van der Waals surface area contributed by atoms with Gasteiger partial charge in [0.25, 0.3) is 0 Å². The zero-order valence-corrected chi connectivity index (χ0v) is 14.3. The molecular formula is C17H27NOS. The van der Waals surface area contributed by atoms with Gasteiger partial charge in [0.15, 0.2) is 5.78 Å². The molecule has 0 aliphatic carbocycles. The summed E-state index contributed by atoms with van der Waals surface area (Å²) in [5, 5.41) is 0. The first-order valence-electron chi connectivity index (χ1n) is 7.60. The Balaban J connectivity index is 1.90. The van der Waals surface area contributed by atoms with Gasteiger partial charge in [-0.2, -0.15) is 0 Å². The summed E-state index contributed by atoms with van der Waals surface area (Å²) in [6.45, 7) is 13.8. The number of carbonyl (C=O) groups is 1. The molecule has 1 aliphatic rings. The summed E-state index contributed by atoms with van der Waals surface area (Å²) in [7, 11) is 0. The van der Waals surface area contributed by atoms with Crippen LogP contribution in [-0.4, -0.2) is 30.3 Å². The van der Waals surface area contributed by atoms with Crippen molar-refractivity contribution in [2.75, 3.05) is 19.6 Å². The van der Waals surface area contributed by atoms with Crippen LogP contribution in [0, 0.1) is 25.2 Å². The van der Waals surface area contributed by atoms with E-state index in [0.717, 1.165) is 29.4 Å². The molecule has 0 saturated carbocycles. The molecule has 0 atom stereocenters. The van der Waals surface area contributed by atoms with E-state index in [9.17, 15) is 4.79 Å². The van der Waals surface area contributed by atoms with Gasteiger partial charge in [0.05, 0.1) is 6.54 Å². The smallest absolute Gasteiger partial charge is 0.177 e. The number of Topliss-reactive ketones (excluding diaryl/α,β-unsaturated/α-hetero) is 1. The Morgan fingerprint density at radius 2 is 1.90 bits per heavy atom. The van der Waals surface area contributed by atoms with E-state index < -0.39 is 0 Å². The van der Waals surface area contributed by atoms with E-state index >= 15 is 0 Å². The summed E-state index contributed by atoms with van der Waals surface area (Å²) in [5.41, 5.74) is 1.34. The van der Waals surface area contributed by atoms with Gasteiger partial charge in [0.1, 0.15) is 0 Å². The second-order valence-corrected chi connectivity index (χ2v) is 8.63. The second-order valence-electron chi connectivity index (χ2n) is 7.17. The Labute approximate surface area is 127 Å². The third-order valence-corrected chi connectivity index (χ3v) is 5.49. The Bertz CT molecular complexity index is 476. The van der Waals surface area contributed by atoms with Crippen molar-refractivity contribution in [3.05, 3.63) is 21.4 Å². The van der Waals surface area contributed by atoms with Gasteiger partial charge in [-0.05, 0) is 57.2 Å². The maximum absolute atomic E-state index is 12.4. The van der Waals surface area contributed by atoms with E-state index in [0.29, 0.717) is 17.7 Å². The fraction of sp³-hybridized carbons (Fsp3) is 0.706. The minimum atomic E-state index is 0.293. The third kappa shape index (κ3) is 3.70. The molecule has 1 fully saturated rings. The Morgan fingerprint density at radius 1 is 1.30 bits per heavy atom. The van der Waals surface area contributed by atoms with Crippen LogP contribution in [0.1, 0.15) is 53.7 Å². The first kappa shape index (κ1) is 15.7. The summed E-state index contributed by atoms with van der Waals surface area (Å²) in [4.78, 5) is 17.1. The van der Waals surface area contributed by atoms with Gasteiger partial charge in [0, 0.05) is 15.3 Å². The van der Waals surface area contributed by atoms with Crippen LogP contribution in [0.3, 0.4) is 0 Å². The van der Waals surface area contributed by atoms with Crippen LogP contribution >= 0.6 is 11.3 Å². The molecule has 2 rings (SSSR count). The van der Waals surface area contributed by atoms with Crippen molar-refractivity contribution in [2.24, 2.45) is 11.3 Å². The summed E-state index contributed by atoms with van der Waals surface area (Å²) in [5.74, 6) is 1.08. The van der Waals surface area contributed by atoms with Gasteiger partial charge < -0.3 is 0 Å². The van der Waals surface area contributed by atoms with Gasteiger partial charge in [-0.15, -0.1) is 11.3 Å². The molecule has 1 aromatic heterocycles. The van der Waals surface area contributed by atoms with E-state index in [-0.39, 0.29) is 0 Å². The lowest BCUT2D eigenvalue weighted by molar-refractivity contribution is 0.0822. The highest BCUT2D eigenvalue weighted by Crippen LogP contribution is 2.34. The van der Waals surface area contributed by atoms with Gasteiger partial charge in [0.2, 0.25) is 0 Å². The van der Waals surface area contributed by atoms with E-state index in [1.54, 1.807) is 11.3 Å². The minimum Gasteiger partial charge on any atom is -0.296 e. The van der Waals surface area contributed by atoms with Crippen molar-refractivity contribution in [1.82, 2.24) is 4.90 Å². The minimum absolute atomic E-state index is 0.293. The first-order valence-corrected chi connectivity index (χ1v) is 8.41. The second kappa shape index (κ2) is 5.98. The molecule has 2 nitrogen and oxygen atoms in total. The molecule has 20 heavy (non-hydrogen) atoms. The zero-order chi connectivity index (χ0) is 14.9. The number of hydrogen-bond donors (Lipinski definition) is 0. The summed E-state index contributed by atoms with van der Waals surface area (Å²) >= 11 is 1.72. The van der Waals surface area contributed by atoms with Crippen molar-refractivity contribution in [3.63, 3.8) is 0 Å². The SMILES string of the molecule is Cc1cc(C(=O)CN2CCC(C(C)(C)C)CC2)c(C)s1. The molecule has 1 saturated heterocycles. The molecule has 0 radical (unpaired) electrons. The molecule has 0 unspecified atom stereocenters. The van der Waals surface area contributed by atoms with E-state index in [4.69, 9.17) is 0 Å². The number of likely N-dealkylation sites (tertiary alicyclic amines) is 1. The number of hydrogen-bond acceptors (Lipinski definition) is 3. The lowest BCUT2D eigenvalue weighted by atomic mass is 9.75. The normalized spacial score (nSPS) is 18.4. The molecule has 112 valence electrons. The van der Waals surface area contributed by atoms with Crippen molar-refractivity contribution < 1.29 is 4.79 Å². The predicted octanol–water partition coefficient (Wildman–Crippen LogP) is 4.31. The lowest BCUT2D eigenvalue weighted by Gasteiger charge is -2.38. The molecule has 3 heteroatoms. The highest BCUT2D eigenvalue weighted by molar-refractivity contribution is 7.12. The molecule has 0 amide bonds. The number of aryl methyl sites for hydroxylation is 2. The molecule has 0 spiro atoms. The van der Waals surface area contributed by atoms with Gasteiger partial charge >= 0.3 is 0 Å². The molecule has 1 aromatic rings. The number of carbonyl (C=O) groups excluding carboxylic acids is 1. The van der Waals surface area contributed by atoms with Crippen LogP contribution < -0.4 is 0 Å². The standard InChI is InChI=1S/C17H27NOS/c1-12-10-15(13(2)20-12)16(19)11-18-8-6-14(7-9-18)17(3,4)5/h10,14H,6-9,11H2,1-5H3. The number of nitrogens with zero attached hydrogens (tertiary/aromatic N) is 1. The van der Waals surface area contributed by atoms with Crippen LogP contribution in [0.2, 0.25) is 0 Å². The van der Waals surface area contributed by atoms with Crippen molar-refractivity contribution >= 4 is 17.1 Å². The van der Waals surface area contributed by atoms with Crippen LogP contribution in [0.5, 0.6) is 0 Å². The van der Waals surface area contributed by atoms with Crippen molar-refractivity contribution in [2.45, 2.75) is 47.5 Å². The third-order valence-electron chi connectivity index (χ3n) is 4.52. The summed E-state index contributed by atoms with van der Waals surface area (Å²) in [6.07, 6.45) is 2.44. The fourth-order valence-electron chi connectivity index (χ4n) is 3.15. The fourth-order valence-corrected chi connectivity index (χ4v) is 4.10. The van der Waals surface area contributed by atoms with Crippen LogP contribution in [0.4, 0.5) is 0 Å². The van der Waals surface area contributed by atoms with Crippen LogP contribution in [0.25, 0.3) is 0 Å². The topological polar surface area (TPSA) is 20.3 Å².